The van der Waals surface area contributed by atoms with Gasteiger partial charge in [-0.15, -0.1) is 0 Å². The molecule has 0 amide bonds. The van der Waals surface area contributed by atoms with Gasteiger partial charge in [0.2, 0.25) is 0 Å². The Balaban J connectivity index is 2.10. The van der Waals surface area contributed by atoms with Crippen molar-refractivity contribution in [3.8, 4) is 5.75 Å². The maximum Gasteiger partial charge on any atom is 0.416 e. The second kappa shape index (κ2) is 4.88. The Morgan fingerprint density at radius 3 is 2.37 bits per heavy atom. The summed E-state index contributed by atoms with van der Waals surface area (Å²) in [4.78, 5) is 11.6. The first-order valence-corrected chi connectivity index (χ1v) is 5.75. The Morgan fingerprint density at radius 1 is 1.26 bits per heavy atom. The molecule has 0 saturated carbocycles. The highest BCUT2D eigenvalue weighted by Crippen LogP contribution is 2.30. The first-order valence-electron chi connectivity index (χ1n) is 4.98. The van der Waals surface area contributed by atoms with E-state index in [1.165, 1.54) is 6.07 Å². The highest BCUT2D eigenvalue weighted by Gasteiger charge is 2.30. The molecule has 0 atom stereocenters. The molecule has 0 aliphatic rings. The molecule has 1 aromatic carbocycles. The SMILES string of the molecule is Nc1cc(C(=O)Oc2ccc(C(F)(F)F)cc2)ns1. The fraction of sp³-hybridized carbons (Fsp3) is 0.0909. The fourth-order valence-electron chi connectivity index (χ4n) is 1.26. The molecule has 4 nitrogen and oxygen atoms in total. The van der Waals surface area contributed by atoms with Crippen LogP contribution in [0.15, 0.2) is 30.3 Å². The van der Waals surface area contributed by atoms with Crippen LogP contribution in [0.3, 0.4) is 0 Å². The van der Waals surface area contributed by atoms with Gasteiger partial charge < -0.3 is 10.5 Å². The third-order valence-electron chi connectivity index (χ3n) is 2.13. The molecule has 1 heterocycles. The average Bonchev–Trinajstić information content (AvgIpc) is 2.75. The largest absolute Gasteiger partial charge is 0.422 e. The Hall–Kier alpha value is -2.09. The average molecular weight is 288 g/mol. The minimum atomic E-state index is -4.42. The zero-order valence-corrected chi connectivity index (χ0v) is 10.1. The summed E-state index contributed by atoms with van der Waals surface area (Å²) >= 11 is 0.927. The molecule has 0 fully saturated rings. The number of nitrogen functional groups attached to an aromatic ring is 1. The number of halogens is 3. The molecule has 0 aliphatic heterocycles. The van der Waals surface area contributed by atoms with Gasteiger partial charge in [0, 0.05) is 6.07 Å². The van der Waals surface area contributed by atoms with Crippen LogP contribution in [0.2, 0.25) is 0 Å². The number of hydrogen-bond acceptors (Lipinski definition) is 5. The van der Waals surface area contributed by atoms with Gasteiger partial charge in [0.1, 0.15) is 10.8 Å². The van der Waals surface area contributed by atoms with E-state index in [0.717, 1.165) is 35.8 Å². The summed E-state index contributed by atoms with van der Waals surface area (Å²) in [5.74, 6) is -0.766. The molecular weight excluding hydrogens is 281 g/mol. The van der Waals surface area contributed by atoms with Gasteiger partial charge in [-0.2, -0.15) is 17.5 Å². The summed E-state index contributed by atoms with van der Waals surface area (Å²) in [5, 5.41) is 0.347. The fourth-order valence-corrected chi connectivity index (χ4v) is 1.75. The van der Waals surface area contributed by atoms with E-state index in [1.54, 1.807) is 0 Å². The van der Waals surface area contributed by atoms with Crippen LogP contribution in [0.25, 0.3) is 0 Å². The van der Waals surface area contributed by atoms with Crippen LogP contribution in [-0.4, -0.2) is 10.3 Å². The van der Waals surface area contributed by atoms with Crippen LogP contribution in [0.1, 0.15) is 16.1 Å². The number of ether oxygens (including phenoxy) is 1. The normalized spacial score (nSPS) is 11.3. The second-order valence-electron chi connectivity index (χ2n) is 3.53. The minimum absolute atomic E-state index is 0.00423. The number of carbonyl (C=O) groups excluding carboxylic acids is 1. The predicted molar refractivity (Wildman–Crippen MR) is 62.9 cm³/mol. The van der Waals surface area contributed by atoms with Crippen molar-refractivity contribution < 1.29 is 22.7 Å². The lowest BCUT2D eigenvalue weighted by Gasteiger charge is -2.07. The zero-order chi connectivity index (χ0) is 14.0. The molecule has 8 heteroatoms. The van der Waals surface area contributed by atoms with Crippen LogP contribution >= 0.6 is 11.5 Å². The molecule has 0 saturated heterocycles. The van der Waals surface area contributed by atoms with E-state index in [-0.39, 0.29) is 11.4 Å². The van der Waals surface area contributed by atoms with Gasteiger partial charge >= 0.3 is 12.1 Å². The van der Waals surface area contributed by atoms with E-state index in [2.05, 4.69) is 4.37 Å². The summed E-state index contributed by atoms with van der Waals surface area (Å²) in [7, 11) is 0. The molecule has 2 aromatic rings. The number of nitrogens with zero attached hydrogens (tertiary/aromatic N) is 1. The first-order chi connectivity index (χ1) is 8.86. The molecule has 100 valence electrons. The van der Waals surface area contributed by atoms with Crippen LogP contribution in [0.4, 0.5) is 18.2 Å². The van der Waals surface area contributed by atoms with Crippen molar-refractivity contribution in [1.29, 1.82) is 0 Å². The number of nitrogens with two attached hydrogens (primary N) is 1. The first kappa shape index (κ1) is 13.3. The van der Waals surface area contributed by atoms with Crippen molar-refractivity contribution in [3.63, 3.8) is 0 Å². The Kier molecular flexibility index (Phi) is 3.43. The summed E-state index contributed by atoms with van der Waals surface area (Å²) in [6.45, 7) is 0. The maximum absolute atomic E-state index is 12.3. The van der Waals surface area contributed by atoms with E-state index in [9.17, 15) is 18.0 Å². The number of aromatic nitrogens is 1. The number of carbonyl (C=O) groups is 1. The van der Waals surface area contributed by atoms with Crippen molar-refractivity contribution in [1.82, 2.24) is 4.37 Å². The van der Waals surface area contributed by atoms with Gasteiger partial charge in [-0.3, -0.25) is 0 Å². The van der Waals surface area contributed by atoms with Crippen LogP contribution in [0.5, 0.6) is 5.75 Å². The van der Waals surface area contributed by atoms with Crippen molar-refractivity contribution >= 4 is 22.5 Å². The lowest BCUT2D eigenvalue weighted by molar-refractivity contribution is -0.137. The summed E-state index contributed by atoms with van der Waals surface area (Å²) < 4.78 is 45.6. The van der Waals surface area contributed by atoms with Crippen LogP contribution < -0.4 is 10.5 Å². The number of esters is 1. The van der Waals surface area contributed by atoms with Gasteiger partial charge in [-0.1, -0.05) is 0 Å². The van der Waals surface area contributed by atoms with Gasteiger partial charge in [-0.05, 0) is 35.8 Å². The highest BCUT2D eigenvalue weighted by atomic mass is 32.1. The lowest BCUT2D eigenvalue weighted by Crippen LogP contribution is -2.09. The predicted octanol–water partition coefficient (Wildman–Crippen LogP) is 2.96. The molecule has 0 bridgehead atoms. The lowest BCUT2D eigenvalue weighted by atomic mass is 10.2. The van der Waals surface area contributed by atoms with Crippen molar-refractivity contribution in [3.05, 3.63) is 41.6 Å². The molecule has 2 rings (SSSR count). The van der Waals surface area contributed by atoms with E-state index >= 15 is 0 Å². The molecule has 0 aliphatic carbocycles. The van der Waals surface area contributed by atoms with E-state index in [0.29, 0.717) is 5.00 Å². The van der Waals surface area contributed by atoms with Gasteiger partial charge in [0.05, 0.1) is 5.56 Å². The van der Waals surface area contributed by atoms with Crippen LogP contribution in [-0.2, 0) is 6.18 Å². The third kappa shape index (κ3) is 3.22. The molecular formula is C11H7F3N2O2S. The zero-order valence-electron chi connectivity index (χ0n) is 9.27. The maximum atomic E-state index is 12.3. The van der Waals surface area contributed by atoms with Gasteiger partial charge in [-0.25, -0.2) is 4.79 Å². The molecule has 2 N–H and O–H groups in total. The molecule has 19 heavy (non-hydrogen) atoms. The second-order valence-corrected chi connectivity index (χ2v) is 4.36. The molecule has 1 aromatic heterocycles. The smallest absolute Gasteiger partial charge is 0.416 e. The monoisotopic (exact) mass is 288 g/mol. The Bertz CT molecular complexity index is 593. The number of hydrogen-bond donors (Lipinski definition) is 1. The molecule has 0 spiro atoms. The topological polar surface area (TPSA) is 65.2 Å². The molecule has 0 unspecified atom stereocenters. The standard InChI is InChI=1S/C11H7F3N2O2S/c12-11(13,14)6-1-3-7(4-2-6)18-10(17)8-5-9(15)19-16-8/h1-5H,15H2. The van der Waals surface area contributed by atoms with E-state index < -0.39 is 17.7 Å². The Labute approximate surface area is 109 Å². The number of anilines is 1. The highest BCUT2D eigenvalue weighted by molar-refractivity contribution is 7.10. The number of benzene rings is 1. The number of rotatable bonds is 2. The Morgan fingerprint density at radius 2 is 1.89 bits per heavy atom. The van der Waals surface area contributed by atoms with Crippen LogP contribution in [0, 0.1) is 0 Å². The summed E-state index contributed by atoms with van der Waals surface area (Å²) in [6.07, 6.45) is -4.42. The van der Waals surface area contributed by atoms with Gasteiger partial charge in [0.15, 0.2) is 5.69 Å². The molecule has 0 radical (unpaired) electrons. The minimum Gasteiger partial charge on any atom is -0.422 e. The summed E-state index contributed by atoms with van der Waals surface area (Å²) in [6, 6.07) is 5.13. The van der Waals surface area contributed by atoms with E-state index in [4.69, 9.17) is 10.5 Å². The number of alkyl halides is 3. The third-order valence-corrected chi connectivity index (χ3v) is 2.75. The van der Waals surface area contributed by atoms with Crippen molar-refractivity contribution in [2.45, 2.75) is 6.18 Å². The van der Waals surface area contributed by atoms with E-state index in [1.807, 2.05) is 0 Å². The van der Waals surface area contributed by atoms with Crippen molar-refractivity contribution in [2.75, 3.05) is 5.73 Å². The van der Waals surface area contributed by atoms with Gasteiger partial charge in [0.25, 0.3) is 0 Å². The quantitative estimate of drug-likeness (QED) is 0.681. The van der Waals surface area contributed by atoms with Crippen molar-refractivity contribution in [2.24, 2.45) is 0 Å². The summed E-state index contributed by atoms with van der Waals surface area (Å²) in [5.41, 5.74) is 4.60.